The number of carboxylic acids is 1. The molecule has 0 aliphatic carbocycles. The summed E-state index contributed by atoms with van der Waals surface area (Å²) in [4.78, 5) is 24.7. The lowest BCUT2D eigenvalue weighted by Gasteiger charge is -2.26. The normalized spacial score (nSPS) is 19.2. The summed E-state index contributed by atoms with van der Waals surface area (Å²) in [6.45, 7) is 7.93. The third kappa shape index (κ3) is 3.85. The molecule has 1 rings (SSSR count). The number of carbonyl (C=O) groups excluding carboxylic acids is 1. The van der Waals surface area contributed by atoms with Gasteiger partial charge < -0.3 is 15.3 Å². The molecular weight excluding hydrogens is 244 g/mol. The average molecular weight is 270 g/mol. The van der Waals surface area contributed by atoms with E-state index >= 15 is 0 Å². The van der Waals surface area contributed by atoms with Crippen LogP contribution in [0, 0.1) is 11.3 Å². The van der Waals surface area contributed by atoms with Crippen molar-refractivity contribution < 1.29 is 14.7 Å². The van der Waals surface area contributed by atoms with Crippen LogP contribution in [0.1, 0.15) is 46.5 Å². The first kappa shape index (κ1) is 15.8. The number of nitrogens with zero attached hydrogens (tertiary/aromatic N) is 1. The second kappa shape index (κ2) is 6.78. The summed E-state index contributed by atoms with van der Waals surface area (Å²) in [6, 6.07) is -0.122. The number of nitrogens with one attached hydrogen (secondary N) is 1. The van der Waals surface area contributed by atoms with Crippen molar-refractivity contribution in [3.63, 3.8) is 0 Å². The Kier molecular flexibility index (Phi) is 5.63. The van der Waals surface area contributed by atoms with Gasteiger partial charge in [0.25, 0.3) is 0 Å². The van der Waals surface area contributed by atoms with Gasteiger partial charge in [0.1, 0.15) is 0 Å². The highest BCUT2D eigenvalue weighted by atomic mass is 16.4. The van der Waals surface area contributed by atoms with Crippen LogP contribution in [0.15, 0.2) is 0 Å². The highest BCUT2D eigenvalue weighted by molar-refractivity contribution is 5.76. The molecular formula is C14H26N2O3. The van der Waals surface area contributed by atoms with Crippen LogP contribution in [-0.4, -0.2) is 41.6 Å². The molecule has 5 heteroatoms. The molecule has 0 aromatic heterocycles. The van der Waals surface area contributed by atoms with Gasteiger partial charge in [-0.15, -0.1) is 0 Å². The Bertz CT molecular complexity index is 327. The number of carboxylic acid groups (broad SMARTS) is 1. The molecule has 2 amide bonds. The van der Waals surface area contributed by atoms with Crippen LogP contribution in [0.5, 0.6) is 0 Å². The number of amides is 2. The van der Waals surface area contributed by atoms with Crippen molar-refractivity contribution >= 4 is 12.0 Å². The molecule has 5 nitrogen and oxygen atoms in total. The highest BCUT2D eigenvalue weighted by Gasteiger charge is 2.37. The van der Waals surface area contributed by atoms with Crippen molar-refractivity contribution in [2.45, 2.75) is 46.5 Å². The van der Waals surface area contributed by atoms with Crippen molar-refractivity contribution in [1.82, 2.24) is 10.2 Å². The molecule has 0 bridgehead atoms. The Morgan fingerprint density at radius 2 is 1.95 bits per heavy atom. The third-order valence-electron chi connectivity index (χ3n) is 4.57. The van der Waals surface area contributed by atoms with Crippen LogP contribution in [0.3, 0.4) is 0 Å². The fourth-order valence-corrected chi connectivity index (χ4v) is 2.66. The lowest BCUT2D eigenvalue weighted by atomic mass is 9.82. The van der Waals surface area contributed by atoms with Crippen LogP contribution in [0.25, 0.3) is 0 Å². The standard InChI is InChI=1S/C14H26N2O3/c1-4-11(12(17)18)9-15-13(19)16-8-7-14(5-2,6-3)10-16/h11H,4-10H2,1-3H3,(H,15,19)(H,17,18). The van der Waals surface area contributed by atoms with E-state index in [0.717, 1.165) is 32.4 Å². The summed E-state index contributed by atoms with van der Waals surface area (Å²) in [5.74, 6) is -1.34. The van der Waals surface area contributed by atoms with E-state index in [0.29, 0.717) is 6.42 Å². The highest BCUT2D eigenvalue weighted by Crippen LogP contribution is 2.36. The minimum Gasteiger partial charge on any atom is -0.481 e. The molecule has 1 aliphatic heterocycles. The zero-order valence-corrected chi connectivity index (χ0v) is 12.2. The molecule has 0 saturated carbocycles. The molecule has 1 heterocycles. The van der Waals surface area contributed by atoms with Crippen molar-refractivity contribution in [1.29, 1.82) is 0 Å². The fourth-order valence-electron chi connectivity index (χ4n) is 2.66. The van der Waals surface area contributed by atoms with Crippen molar-refractivity contribution in [2.24, 2.45) is 11.3 Å². The van der Waals surface area contributed by atoms with Gasteiger partial charge in [-0.2, -0.15) is 0 Å². The van der Waals surface area contributed by atoms with E-state index in [4.69, 9.17) is 5.11 Å². The van der Waals surface area contributed by atoms with E-state index in [1.54, 1.807) is 0 Å². The molecule has 0 radical (unpaired) electrons. The maximum Gasteiger partial charge on any atom is 0.317 e. The maximum absolute atomic E-state index is 12.0. The van der Waals surface area contributed by atoms with E-state index in [9.17, 15) is 9.59 Å². The predicted molar refractivity (Wildman–Crippen MR) is 74.0 cm³/mol. The third-order valence-corrected chi connectivity index (χ3v) is 4.57. The summed E-state index contributed by atoms with van der Waals surface area (Å²) in [7, 11) is 0. The first-order chi connectivity index (χ1) is 8.98. The number of hydrogen-bond acceptors (Lipinski definition) is 2. The quantitative estimate of drug-likeness (QED) is 0.778. The van der Waals surface area contributed by atoms with Gasteiger partial charge >= 0.3 is 12.0 Å². The lowest BCUT2D eigenvalue weighted by molar-refractivity contribution is -0.141. The van der Waals surface area contributed by atoms with Crippen molar-refractivity contribution in [2.75, 3.05) is 19.6 Å². The number of likely N-dealkylation sites (tertiary alicyclic amines) is 1. The molecule has 1 unspecified atom stereocenters. The minimum absolute atomic E-state index is 0.122. The van der Waals surface area contributed by atoms with Crippen LogP contribution < -0.4 is 5.32 Å². The molecule has 1 aliphatic rings. The molecule has 0 spiro atoms. The summed E-state index contributed by atoms with van der Waals surface area (Å²) >= 11 is 0. The summed E-state index contributed by atoms with van der Waals surface area (Å²) < 4.78 is 0. The van der Waals surface area contributed by atoms with E-state index in [2.05, 4.69) is 19.2 Å². The number of aliphatic carboxylic acids is 1. The second-order valence-corrected chi connectivity index (χ2v) is 5.51. The molecule has 0 aromatic rings. The lowest BCUT2D eigenvalue weighted by Crippen LogP contribution is -2.42. The Hall–Kier alpha value is -1.26. The van der Waals surface area contributed by atoms with E-state index in [-0.39, 0.29) is 18.0 Å². The summed E-state index contributed by atoms with van der Waals surface area (Å²) in [6.07, 6.45) is 3.74. The molecule has 2 N–H and O–H groups in total. The first-order valence-electron chi connectivity index (χ1n) is 7.23. The van der Waals surface area contributed by atoms with Gasteiger partial charge in [0.05, 0.1) is 5.92 Å². The number of rotatable bonds is 6. The number of carbonyl (C=O) groups is 2. The summed E-state index contributed by atoms with van der Waals surface area (Å²) in [5, 5.41) is 11.7. The minimum atomic E-state index is -0.847. The summed E-state index contributed by atoms with van der Waals surface area (Å²) in [5.41, 5.74) is 0.258. The van der Waals surface area contributed by atoms with E-state index in [1.807, 2.05) is 11.8 Å². The van der Waals surface area contributed by atoms with Gasteiger partial charge in [0.2, 0.25) is 0 Å². The van der Waals surface area contributed by atoms with Crippen LogP contribution in [0.4, 0.5) is 4.79 Å². The molecule has 1 fully saturated rings. The molecule has 19 heavy (non-hydrogen) atoms. The zero-order chi connectivity index (χ0) is 14.5. The Morgan fingerprint density at radius 3 is 2.37 bits per heavy atom. The average Bonchev–Trinajstić information content (AvgIpc) is 2.84. The van der Waals surface area contributed by atoms with Crippen LogP contribution in [0.2, 0.25) is 0 Å². The number of urea groups is 1. The predicted octanol–water partition coefficient (Wildman–Crippen LogP) is 2.32. The fraction of sp³-hybridized carbons (Fsp3) is 0.857. The Morgan fingerprint density at radius 1 is 1.32 bits per heavy atom. The molecule has 0 aromatic carbocycles. The Balaban J connectivity index is 2.45. The SMILES string of the molecule is CCC(CNC(=O)N1CCC(CC)(CC)C1)C(=O)O. The topological polar surface area (TPSA) is 69.6 Å². The monoisotopic (exact) mass is 270 g/mol. The van der Waals surface area contributed by atoms with Crippen LogP contribution in [-0.2, 0) is 4.79 Å². The molecule has 1 saturated heterocycles. The molecule has 110 valence electrons. The van der Waals surface area contributed by atoms with Gasteiger partial charge in [-0.25, -0.2) is 4.79 Å². The zero-order valence-electron chi connectivity index (χ0n) is 12.2. The molecule has 1 atom stereocenters. The Labute approximate surface area is 115 Å². The van der Waals surface area contributed by atoms with E-state index in [1.165, 1.54) is 0 Å². The van der Waals surface area contributed by atoms with E-state index < -0.39 is 11.9 Å². The van der Waals surface area contributed by atoms with Crippen molar-refractivity contribution in [3.8, 4) is 0 Å². The first-order valence-corrected chi connectivity index (χ1v) is 7.23. The maximum atomic E-state index is 12.0. The van der Waals surface area contributed by atoms with Gasteiger partial charge in [-0.3, -0.25) is 4.79 Å². The largest absolute Gasteiger partial charge is 0.481 e. The van der Waals surface area contributed by atoms with Gasteiger partial charge in [0, 0.05) is 19.6 Å². The second-order valence-electron chi connectivity index (χ2n) is 5.51. The van der Waals surface area contributed by atoms with Gasteiger partial charge in [-0.05, 0) is 31.1 Å². The van der Waals surface area contributed by atoms with Gasteiger partial charge in [-0.1, -0.05) is 20.8 Å². The van der Waals surface area contributed by atoms with Crippen LogP contribution >= 0.6 is 0 Å². The van der Waals surface area contributed by atoms with Gasteiger partial charge in [0.15, 0.2) is 0 Å². The number of hydrogen-bond donors (Lipinski definition) is 2. The van der Waals surface area contributed by atoms with Crippen molar-refractivity contribution in [3.05, 3.63) is 0 Å². The smallest absolute Gasteiger partial charge is 0.317 e.